The summed E-state index contributed by atoms with van der Waals surface area (Å²) in [5, 5.41) is 14.7. The van der Waals surface area contributed by atoms with Crippen LogP contribution in [0.15, 0.2) is 0 Å². The van der Waals surface area contributed by atoms with Crippen molar-refractivity contribution in [3.8, 4) is 0 Å². The highest BCUT2D eigenvalue weighted by molar-refractivity contribution is 7.91. The van der Waals surface area contributed by atoms with Crippen molar-refractivity contribution < 1.29 is 9.66 Å². The molecule has 0 aromatic rings. The van der Waals surface area contributed by atoms with Gasteiger partial charge in [0, 0.05) is 24.2 Å². The van der Waals surface area contributed by atoms with Crippen molar-refractivity contribution >= 4 is 11.4 Å². The molecule has 0 aliphatic heterocycles. The zero-order valence-electron chi connectivity index (χ0n) is 6.26. The van der Waals surface area contributed by atoms with Gasteiger partial charge in [-0.3, -0.25) is 0 Å². The molecule has 1 fully saturated rings. The van der Waals surface area contributed by atoms with E-state index in [0.717, 1.165) is 12.8 Å². The summed E-state index contributed by atoms with van der Waals surface area (Å²) in [4.78, 5) is 0. The van der Waals surface area contributed by atoms with Crippen LogP contribution in [0.4, 0.5) is 0 Å². The van der Waals surface area contributed by atoms with E-state index in [1.54, 1.807) is 13.8 Å². The standard InChI is InChI=1S/C6H13NO2S/c1-5(2,8)6(3-4-6)10(7)9/h8H,3-4,7H2,1-2H3. The fraction of sp³-hybridized carbons (Fsp3) is 1.00. The third-order valence-corrected chi connectivity index (χ3v) is 3.88. The zero-order chi connectivity index (χ0) is 7.99. The zero-order valence-corrected chi connectivity index (χ0v) is 7.07. The molecule has 1 aliphatic rings. The Balaban J connectivity index is 2.70. The van der Waals surface area contributed by atoms with Crippen LogP contribution < -0.4 is 5.14 Å². The van der Waals surface area contributed by atoms with Gasteiger partial charge >= 0.3 is 0 Å². The van der Waals surface area contributed by atoms with Crippen molar-refractivity contribution in [2.75, 3.05) is 0 Å². The average molecular weight is 163 g/mol. The van der Waals surface area contributed by atoms with Crippen molar-refractivity contribution in [1.82, 2.24) is 0 Å². The Hall–Kier alpha value is 0.230. The molecule has 0 heterocycles. The maximum absolute atomic E-state index is 10.9. The van der Waals surface area contributed by atoms with E-state index in [0.29, 0.717) is 0 Å². The van der Waals surface area contributed by atoms with Crippen LogP contribution in [0.2, 0.25) is 0 Å². The molecule has 1 aliphatic carbocycles. The van der Waals surface area contributed by atoms with Crippen LogP contribution >= 0.6 is 0 Å². The second-order valence-corrected chi connectivity index (χ2v) is 4.73. The minimum atomic E-state index is -1.38. The Morgan fingerprint density at radius 2 is 2.00 bits per heavy atom. The lowest BCUT2D eigenvalue weighted by molar-refractivity contribution is 0.0667. The normalized spacial score (nSPS) is 26.1. The molecule has 0 amide bonds. The van der Waals surface area contributed by atoms with Gasteiger partial charge in [-0.1, -0.05) is 0 Å². The molecule has 0 saturated heterocycles. The number of hydrogen-bond acceptors (Lipinski definition) is 3. The number of hydrogen-bond donors (Lipinski definition) is 2. The molecule has 4 heteroatoms. The van der Waals surface area contributed by atoms with Crippen molar-refractivity contribution in [2.45, 2.75) is 37.0 Å². The highest BCUT2D eigenvalue weighted by atomic mass is 32.2. The summed E-state index contributed by atoms with van der Waals surface area (Å²) in [7, 11) is 0. The van der Waals surface area contributed by atoms with Gasteiger partial charge in [0.1, 0.15) is 5.60 Å². The average Bonchev–Trinajstić information content (AvgIpc) is 2.36. The molecule has 3 N–H and O–H groups in total. The Kier molecular flexibility index (Phi) is 1.75. The van der Waals surface area contributed by atoms with Gasteiger partial charge in [0.2, 0.25) is 0 Å². The van der Waals surface area contributed by atoms with E-state index < -0.39 is 21.7 Å². The van der Waals surface area contributed by atoms with E-state index in [2.05, 4.69) is 0 Å². The largest absolute Gasteiger partial charge is 0.598 e. The maximum atomic E-state index is 10.9. The van der Waals surface area contributed by atoms with Crippen molar-refractivity contribution in [1.29, 1.82) is 0 Å². The highest BCUT2D eigenvalue weighted by Gasteiger charge is 2.63. The van der Waals surface area contributed by atoms with Gasteiger partial charge in [0.05, 0.1) is 0 Å². The second-order valence-electron chi connectivity index (χ2n) is 3.35. The van der Waals surface area contributed by atoms with Gasteiger partial charge in [-0.15, -0.1) is 0 Å². The fourth-order valence-corrected chi connectivity index (χ4v) is 2.17. The molecule has 1 atom stereocenters. The number of nitrogens with two attached hydrogens (primary N) is 1. The lowest BCUT2D eigenvalue weighted by Gasteiger charge is -2.27. The van der Waals surface area contributed by atoms with E-state index >= 15 is 0 Å². The molecule has 10 heavy (non-hydrogen) atoms. The molecule has 0 aromatic carbocycles. The smallest absolute Gasteiger partial charge is 0.173 e. The minimum absolute atomic E-state index is 0.507. The van der Waals surface area contributed by atoms with Gasteiger partial charge in [-0.25, -0.2) is 0 Å². The van der Waals surface area contributed by atoms with Crippen LogP contribution in [0.5, 0.6) is 0 Å². The Morgan fingerprint density at radius 3 is 2.00 bits per heavy atom. The predicted octanol–water partition coefficient (Wildman–Crippen LogP) is -0.0877. The summed E-state index contributed by atoms with van der Waals surface area (Å²) in [6.07, 6.45) is 1.55. The molecule has 1 rings (SSSR count). The first-order valence-electron chi connectivity index (χ1n) is 3.29. The Bertz CT molecular complexity index is 137. The molecular formula is C6H13NO2S. The summed E-state index contributed by atoms with van der Waals surface area (Å²) in [6, 6.07) is 0. The van der Waals surface area contributed by atoms with Crippen LogP contribution in [0, 0.1) is 0 Å². The lowest BCUT2D eigenvalue weighted by atomic mass is 10.0. The van der Waals surface area contributed by atoms with E-state index in [4.69, 9.17) is 5.14 Å². The van der Waals surface area contributed by atoms with Gasteiger partial charge in [-0.05, 0) is 13.8 Å². The van der Waals surface area contributed by atoms with Gasteiger partial charge < -0.3 is 9.66 Å². The summed E-state index contributed by atoms with van der Waals surface area (Å²) in [5.41, 5.74) is -0.896. The summed E-state index contributed by atoms with van der Waals surface area (Å²) in [6.45, 7) is 3.32. The van der Waals surface area contributed by atoms with E-state index in [-0.39, 0.29) is 0 Å². The summed E-state index contributed by atoms with van der Waals surface area (Å²) in [5.74, 6) is 0. The summed E-state index contributed by atoms with van der Waals surface area (Å²) < 4.78 is 10.4. The third-order valence-electron chi connectivity index (χ3n) is 2.20. The number of rotatable bonds is 2. The quantitative estimate of drug-likeness (QED) is 0.559. The van der Waals surface area contributed by atoms with E-state index in [1.165, 1.54) is 0 Å². The van der Waals surface area contributed by atoms with Crippen LogP contribution in [0.25, 0.3) is 0 Å². The topological polar surface area (TPSA) is 69.3 Å². The van der Waals surface area contributed by atoms with Crippen molar-refractivity contribution in [3.63, 3.8) is 0 Å². The Morgan fingerprint density at radius 1 is 1.60 bits per heavy atom. The first-order chi connectivity index (χ1) is 4.40. The van der Waals surface area contributed by atoms with E-state index in [1.807, 2.05) is 0 Å². The molecule has 0 aromatic heterocycles. The molecule has 1 saturated carbocycles. The fourth-order valence-electron chi connectivity index (χ4n) is 1.17. The van der Waals surface area contributed by atoms with Crippen molar-refractivity contribution in [3.05, 3.63) is 0 Å². The van der Waals surface area contributed by atoms with Gasteiger partial charge in [-0.2, -0.15) is 5.14 Å². The van der Waals surface area contributed by atoms with Crippen LogP contribution in [-0.4, -0.2) is 20.0 Å². The van der Waals surface area contributed by atoms with Gasteiger partial charge in [0.15, 0.2) is 4.75 Å². The maximum Gasteiger partial charge on any atom is 0.173 e. The lowest BCUT2D eigenvalue weighted by Crippen LogP contribution is -2.47. The van der Waals surface area contributed by atoms with Crippen LogP contribution in [0.3, 0.4) is 0 Å². The minimum Gasteiger partial charge on any atom is -0.598 e. The molecule has 1 unspecified atom stereocenters. The van der Waals surface area contributed by atoms with Crippen molar-refractivity contribution in [2.24, 2.45) is 5.14 Å². The SMILES string of the molecule is CC(C)(O)C1([S+](N)[O-])CC1. The van der Waals surface area contributed by atoms with Gasteiger partial charge in [0.25, 0.3) is 0 Å². The highest BCUT2D eigenvalue weighted by Crippen LogP contribution is 2.50. The Labute approximate surface area is 63.9 Å². The summed E-state index contributed by atoms with van der Waals surface area (Å²) >= 11 is -1.38. The van der Waals surface area contributed by atoms with Crippen LogP contribution in [-0.2, 0) is 11.4 Å². The second kappa shape index (κ2) is 2.11. The molecule has 60 valence electrons. The molecular weight excluding hydrogens is 150 g/mol. The monoisotopic (exact) mass is 163 g/mol. The van der Waals surface area contributed by atoms with Crippen LogP contribution in [0.1, 0.15) is 26.7 Å². The first-order valence-corrected chi connectivity index (χ1v) is 4.50. The molecule has 0 radical (unpaired) electrons. The number of aliphatic hydroxyl groups is 1. The first kappa shape index (κ1) is 8.33. The molecule has 0 bridgehead atoms. The molecule has 3 nitrogen and oxygen atoms in total. The third kappa shape index (κ3) is 1.05. The predicted molar refractivity (Wildman–Crippen MR) is 40.6 cm³/mol. The van der Waals surface area contributed by atoms with E-state index in [9.17, 15) is 9.66 Å². The molecule has 0 spiro atoms.